The van der Waals surface area contributed by atoms with E-state index in [1.807, 2.05) is 0 Å². The number of rotatable bonds is 3. The van der Waals surface area contributed by atoms with Gasteiger partial charge in [0.05, 0.1) is 11.1 Å². The number of H-pyrrole nitrogens is 1. The minimum atomic E-state index is -3.72. The highest BCUT2D eigenvalue weighted by atomic mass is 32.2. The highest BCUT2D eigenvalue weighted by Crippen LogP contribution is 2.18. The molecule has 0 aliphatic heterocycles. The number of aryl methyl sites for hydroxylation is 1. The summed E-state index contributed by atoms with van der Waals surface area (Å²) in [7, 11) is -3.72. The van der Waals surface area contributed by atoms with Gasteiger partial charge in [0.1, 0.15) is 11.6 Å². The third-order valence-electron chi connectivity index (χ3n) is 2.17. The van der Waals surface area contributed by atoms with E-state index < -0.39 is 15.8 Å². The summed E-state index contributed by atoms with van der Waals surface area (Å²) in [6.07, 6.45) is 1.43. The van der Waals surface area contributed by atoms with Crippen LogP contribution in [0.3, 0.4) is 0 Å². The summed E-state index contributed by atoms with van der Waals surface area (Å²) in [5, 5.41) is 6.10. The number of nitrogens with zero attached hydrogens (tertiary/aromatic N) is 1. The van der Waals surface area contributed by atoms with Crippen molar-refractivity contribution in [3.8, 4) is 0 Å². The maximum Gasteiger partial charge on any atom is 0.263 e. The van der Waals surface area contributed by atoms with E-state index in [0.29, 0.717) is 5.56 Å². The molecule has 0 radical (unpaired) electrons. The first kappa shape index (κ1) is 11.6. The fourth-order valence-corrected chi connectivity index (χ4v) is 2.67. The molecule has 0 bridgehead atoms. The molecular formula is C10H10FN3O2S. The van der Waals surface area contributed by atoms with Crippen molar-refractivity contribution in [2.75, 3.05) is 4.72 Å². The van der Waals surface area contributed by atoms with Gasteiger partial charge in [-0.25, -0.2) is 12.8 Å². The number of hydrogen-bond acceptors (Lipinski definition) is 3. The molecule has 0 unspecified atom stereocenters. The van der Waals surface area contributed by atoms with Crippen LogP contribution in [0.2, 0.25) is 0 Å². The minimum absolute atomic E-state index is 0.0356. The number of aromatic nitrogens is 2. The van der Waals surface area contributed by atoms with Crippen molar-refractivity contribution < 1.29 is 12.8 Å². The molecule has 1 heterocycles. The predicted octanol–water partition coefficient (Wildman–Crippen LogP) is 1.66. The lowest BCUT2D eigenvalue weighted by Crippen LogP contribution is -2.14. The fourth-order valence-electron chi connectivity index (χ4n) is 1.43. The van der Waals surface area contributed by atoms with E-state index in [1.54, 1.807) is 0 Å². The number of hydrogen-bond donors (Lipinski definition) is 2. The second kappa shape index (κ2) is 4.17. The van der Waals surface area contributed by atoms with Gasteiger partial charge in [0.2, 0.25) is 0 Å². The number of nitrogens with one attached hydrogen (secondary N) is 2. The van der Waals surface area contributed by atoms with Crippen LogP contribution in [0.1, 0.15) is 5.56 Å². The monoisotopic (exact) mass is 255 g/mol. The number of anilines is 1. The summed E-state index contributed by atoms with van der Waals surface area (Å²) in [5.41, 5.74) is 0.344. The van der Waals surface area contributed by atoms with Gasteiger partial charge in [-0.05, 0) is 30.7 Å². The number of halogens is 1. The molecule has 1 aromatic heterocycles. The largest absolute Gasteiger partial charge is 0.264 e. The van der Waals surface area contributed by atoms with Crippen LogP contribution in [-0.2, 0) is 10.0 Å². The molecule has 17 heavy (non-hydrogen) atoms. The van der Waals surface area contributed by atoms with Crippen LogP contribution in [0.4, 0.5) is 10.2 Å². The van der Waals surface area contributed by atoms with Crippen LogP contribution < -0.4 is 4.72 Å². The lowest BCUT2D eigenvalue weighted by Gasteiger charge is -2.08. The molecule has 2 N–H and O–H groups in total. The van der Waals surface area contributed by atoms with Gasteiger partial charge < -0.3 is 0 Å². The maximum absolute atomic E-state index is 12.9. The average Bonchev–Trinajstić information content (AvgIpc) is 2.68. The first-order valence-electron chi connectivity index (χ1n) is 4.77. The Balaban J connectivity index is 2.38. The molecule has 0 atom stereocenters. The van der Waals surface area contributed by atoms with E-state index in [9.17, 15) is 12.8 Å². The summed E-state index contributed by atoms with van der Waals surface area (Å²) in [6, 6.07) is 4.98. The molecule has 0 fully saturated rings. The molecule has 0 aliphatic carbocycles. The Labute approximate surface area is 97.7 Å². The molecule has 90 valence electrons. The van der Waals surface area contributed by atoms with Gasteiger partial charge in [0.25, 0.3) is 10.0 Å². The molecule has 1 aromatic carbocycles. The van der Waals surface area contributed by atoms with Gasteiger partial charge in [0.15, 0.2) is 0 Å². The molecule has 5 nitrogen and oxygen atoms in total. The molecule has 2 rings (SSSR count). The summed E-state index contributed by atoms with van der Waals surface area (Å²) in [4.78, 5) is 0.0356. The summed E-state index contributed by atoms with van der Waals surface area (Å²) < 4.78 is 39.1. The van der Waals surface area contributed by atoms with Crippen molar-refractivity contribution in [3.63, 3.8) is 0 Å². The Hall–Kier alpha value is -1.89. The molecule has 2 aromatic rings. The standard InChI is InChI=1S/C10H10FN3O2S/c1-7-6-8(11)2-3-9(7)17(15,16)14-10-4-5-12-13-10/h2-6H,1H3,(H2,12,13,14). The molecular weight excluding hydrogens is 245 g/mol. The normalized spacial score (nSPS) is 11.4. The van der Waals surface area contributed by atoms with Crippen LogP contribution in [0.15, 0.2) is 35.4 Å². The average molecular weight is 255 g/mol. The van der Waals surface area contributed by atoms with Gasteiger partial charge >= 0.3 is 0 Å². The van der Waals surface area contributed by atoms with Crippen molar-refractivity contribution >= 4 is 15.8 Å². The molecule has 0 spiro atoms. The minimum Gasteiger partial charge on any atom is -0.264 e. The van der Waals surface area contributed by atoms with Gasteiger partial charge in [-0.2, -0.15) is 5.10 Å². The van der Waals surface area contributed by atoms with E-state index >= 15 is 0 Å². The molecule has 0 saturated heterocycles. The summed E-state index contributed by atoms with van der Waals surface area (Å²) in [6.45, 7) is 1.53. The highest BCUT2D eigenvalue weighted by molar-refractivity contribution is 7.92. The SMILES string of the molecule is Cc1cc(F)ccc1S(=O)(=O)Nc1ccn[nH]1. The highest BCUT2D eigenvalue weighted by Gasteiger charge is 2.17. The van der Waals surface area contributed by atoms with E-state index in [-0.39, 0.29) is 10.7 Å². The Bertz CT molecular complexity index is 623. The number of aromatic amines is 1. The van der Waals surface area contributed by atoms with Crippen molar-refractivity contribution in [3.05, 3.63) is 41.8 Å². The third kappa shape index (κ3) is 2.44. The van der Waals surface area contributed by atoms with Crippen LogP contribution in [0.25, 0.3) is 0 Å². The number of benzene rings is 1. The zero-order chi connectivity index (χ0) is 12.5. The second-order valence-corrected chi connectivity index (χ2v) is 5.14. The van der Waals surface area contributed by atoms with Crippen LogP contribution in [-0.4, -0.2) is 18.6 Å². The predicted molar refractivity (Wildman–Crippen MR) is 60.5 cm³/mol. The van der Waals surface area contributed by atoms with Crippen molar-refractivity contribution in [2.24, 2.45) is 0 Å². The summed E-state index contributed by atoms with van der Waals surface area (Å²) in [5.74, 6) is -0.211. The molecule has 0 amide bonds. The van der Waals surface area contributed by atoms with Crippen LogP contribution in [0.5, 0.6) is 0 Å². The molecule has 0 aliphatic rings. The quantitative estimate of drug-likeness (QED) is 0.875. The maximum atomic E-state index is 12.9. The van der Waals surface area contributed by atoms with Gasteiger partial charge in [-0.1, -0.05) is 0 Å². The lowest BCUT2D eigenvalue weighted by atomic mass is 10.2. The zero-order valence-electron chi connectivity index (χ0n) is 8.94. The Morgan fingerprint density at radius 3 is 2.71 bits per heavy atom. The van der Waals surface area contributed by atoms with Crippen molar-refractivity contribution in [1.29, 1.82) is 0 Å². The van der Waals surface area contributed by atoms with Crippen LogP contribution in [0, 0.1) is 12.7 Å². The lowest BCUT2D eigenvalue weighted by molar-refractivity contribution is 0.598. The molecule has 0 saturated carbocycles. The second-order valence-electron chi connectivity index (χ2n) is 3.49. The van der Waals surface area contributed by atoms with Gasteiger partial charge in [-0.15, -0.1) is 0 Å². The first-order chi connectivity index (χ1) is 7.99. The van der Waals surface area contributed by atoms with E-state index in [1.165, 1.54) is 31.3 Å². The third-order valence-corrected chi connectivity index (χ3v) is 3.70. The Morgan fingerprint density at radius 1 is 1.35 bits per heavy atom. The van der Waals surface area contributed by atoms with Crippen molar-refractivity contribution in [2.45, 2.75) is 11.8 Å². The zero-order valence-corrected chi connectivity index (χ0v) is 9.75. The smallest absolute Gasteiger partial charge is 0.263 e. The molecule has 7 heteroatoms. The van der Waals surface area contributed by atoms with E-state index in [0.717, 1.165) is 6.07 Å². The first-order valence-corrected chi connectivity index (χ1v) is 6.26. The summed E-state index contributed by atoms with van der Waals surface area (Å²) >= 11 is 0. The van der Waals surface area contributed by atoms with Gasteiger partial charge in [0, 0.05) is 6.07 Å². The fraction of sp³-hybridized carbons (Fsp3) is 0.100. The van der Waals surface area contributed by atoms with E-state index in [4.69, 9.17) is 0 Å². The number of sulfonamides is 1. The van der Waals surface area contributed by atoms with E-state index in [2.05, 4.69) is 14.9 Å². The Morgan fingerprint density at radius 2 is 2.12 bits per heavy atom. The van der Waals surface area contributed by atoms with Crippen LogP contribution >= 0.6 is 0 Å². The van der Waals surface area contributed by atoms with Crippen molar-refractivity contribution in [1.82, 2.24) is 10.2 Å². The van der Waals surface area contributed by atoms with Gasteiger partial charge in [-0.3, -0.25) is 9.82 Å². The topological polar surface area (TPSA) is 74.8 Å². The Kier molecular flexibility index (Phi) is 2.84.